The molecule has 188 valence electrons. The monoisotopic (exact) mass is 499 g/mol. The quantitative estimate of drug-likeness (QED) is 0.271. The van der Waals surface area contributed by atoms with Crippen molar-refractivity contribution >= 4 is 11.8 Å². The molecule has 0 saturated carbocycles. The maximum absolute atomic E-state index is 13.3. The van der Waals surface area contributed by atoms with Gasteiger partial charge in [-0.1, -0.05) is 54.6 Å². The smallest absolute Gasteiger partial charge is 0.415 e. The largest absolute Gasteiger partial charge is 0.508 e. The molecule has 1 fully saturated rings. The number of phenolic OH excluding ortho intramolecular Hbond substituents is 2. The molecule has 7 heteroatoms. The van der Waals surface area contributed by atoms with Crippen LogP contribution in [0.5, 0.6) is 11.5 Å². The van der Waals surface area contributed by atoms with Crippen molar-refractivity contribution in [3.63, 3.8) is 0 Å². The van der Waals surface area contributed by atoms with Gasteiger partial charge in [-0.15, -0.1) is 0 Å². The average molecular weight is 500 g/mol. The van der Waals surface area contributed by atoms with Gasteiger partial charge < -0.3 is 20.1 Å². The normalized spacial score (nSPS) is 18.0. The van der Waals surface area contributed by atoms with Crippen LogP contribution in [0.1, 0.15) is 36.1 Å². The SMILES string of the molecule is O=C1O[C@H](CCC(O)c2ccc(F)cc2)[C@@H](c2ccc(O)cc2O)N1c1ccc(-c2ccccc2)cc1. The minimum atomic E-state index is -0.882. The summed E-state index contributed by atoms with van der Waals surface area (Å²) in [6.45, 7) is 0. The highest BCUT2D eigenvalue weighted by Crippen LogP contribution is 2.43. The predicted molar refractivity (Wildman–Crippen MR) is 138 cm³/mol. The Labute approximate surface area is 213 Å². The van der Waals surface area contributed by atoms with E-state index in [9.17, 15) is 24.5 Å². The zero-order chi connectivity index (χ0) is 25.9. The number of nitrogens with zero attached hydrogens (tertiary/aromatic N) is 1. The lowest BCUT2D eigenvalue weighted by Crippen LogP contribution is -2.29. The number of phenols is 2. The number of carbonyl (C=O) groups excluding carboxylic acids is 1. The summed E-state index contributed by atoms with van der Waals surface area (Å²) in [5.41, 5.74) is 3.59. The first-order chi connectivity index (χ1) is 17.9. The molecular weight excluding hydrogens is 473 g/mol. The fourth-order valence-electron chi connectivity index (χ4n) is 4.75. The Morgan fingerprint density at radius 3 is 2.22 bits per heavy atom. The van der Waals surface area contributed by atoms with Crippen LogP contribution >= 0.6 is 0 Å². The molecule has 1 unspecified atom stereocenters. The topological polar surface area (TPSA) is 90.2 Å². The van der Waals surface area contributed by atoms with Gasteiger partial charge >= 0.3 is 6.09 Å². The van der Waals surface area contributed by atoms with Crippen molar-refractivity contribution in [2.75, 3.05) is 4.90 Å². The van der Waals surface area contributed by atoms with E-state index < -0.39 is 30.2 Å². The summed E-state index contributed by atoms with van der Waals surface area (Å²) in [5, 5.41) is 31.1. The van der Waals surface area contributed by atoms with Crippen LogP contribution in [0.4, 0.5) is 14.9 Å². The molecule has 0 aromatic heterocycles. The third kappa shape index (κ3) is 5.13. The first kappa shape index (κ1) is 24.3. The molecule has 4 aromatic carbocycles. The fraction of sp³-hybridized carbons (Fsp3) is 0.167. The molecule has 37 heavy (non-hydrogen) atoms. The summed E-state index contributed by atoms with van der Waals surface area (Å²) in [5.74, 6) is -0.663. The van der Waals surface area contributed by atoms with Crippen molar-refractivity contribution in [1.82, 2.24) is 0 Å². The van der Waals surface area contributed by atoms with E-state index in [1.807, 2.05) is 54.6 Å². The van der Waals surface area contributed by atoms with E-state index in [1.165, 1.54) is 41.3 Å². The molecule has 5 rings (SSSR count). The molecule has 1 amide bonds. The van der Waals surface area contributed by atoms with Crippen LogP contribution < -0.4 is 4.90 Å². The number of rotatable bonds is 7. The number of carbonyl (C=O) groups is 1. The van der Waals surface area contributed by atoms with Crippen LogP contribution in [0.2, 0.25) is 0 Å². The molecule has 1 aliphatic rings. The lowest BCUT2D eigenvalue weighted by Gasteiger charge is -2.26. The molecule has 1 heterocycles. The van der Waals surface area contributed by atoms with Crippen LogP contribution in [0.15, 0.2) is 97.1 Å². The molecule has 0 radical (unpaired) electrons. The summed E-state index contributed by atoms with van der Waals surface area (Å²) in [6, 6.07) is 26.5. The highest BCUT2D eigenvalue weighted by Gasteiger charge is 2.44. The van der Waals surface area contributed by atoms with Crippen LogP contribution in [0.3, 0.4) is 0 Å². The number of aliphatic hydroxyl groups is 1. The van der Waals surface area contributed by atoms with E-state index in [0.29, 0.717) is 16.8 Å². The van der Waals surface area contributed by atoms with E-state index >= 15 is 0 Å². The van der Waals surface area contributed by atoms with Gasteiger partial charge in [0.2, 0.25) is 0 Å². The summed E-state index contributed by atoms with van der Waals surface area (Å²) >= 11 is 0. The van der Waals surface area contributed by atoms with E-state index in [4.69, 9.17) is 4.74 Å². The molecule has 1 saturated heterocycles. The Kier molecular flexibility index (Phi) is 6.79. The van der Waals surface area contributed by atoms with Crippen LogP contribution in [0, 0.1) is 5.82 Å². The van der Waals surface area contributed by atoms with Crippen molar-refractivity contribution in [2.45, 2.75) is 31.1 Å². The molecule has 4 aromatic rings. The molecule has 1 aliphatic heterocycles. The third-order valence-corrected chi connectivity index (χ3v) is 6.64. The number of halogens is 1. The van der Waals surface area contributed by atoms with Gasteiger partial charge in [0.1, 0.15) is 29.5 Å². The van der Waals surface area contributed by atoms with Gasteiger partial charge in [-0.3, -0.25) is 4.90 Å². The fourth-order valence-corrected chi connectivity index (χ4v) is 4.75. The minimum Gasteiger partial charge on any atom is -0.508 e. The van der Waals surface area contributed by atoms with Crippen molar-refractivity contribution in [3.8, 4) is 22.6 Å². The molecule has 3 atom stereocenters. The Bertz CT molecular complexity index is 1380. The molecular formula is C30H26FNO5. The molecule has 3 N–H and O–H groups in total. The van der Waals surface area contributed by atoms with Crippen LogP contribution in [-0.4, -0.2) is 27.5 Å². The Morgan fingerprint density at radius 1 is 0.865 bits per heavy atom. The molecule has 0 bridgehead atoms. The van der Waals surface area contributed by atoms with Gasteiger partial charge in [-0.2, -0.15) is 0 Å². The van der Waals surface area contributed by atoms with Crippen molar-refractivity contribution in [3.05, 3.63) is 114 Å². The van der Waals surface area contributed by atoms with Crippen LogP contribution in [-0.2, 0) is 4.74 Å². The zero-order valence-corrected chi connectivity index (χ0v) is 19.9. The van der Waals surface area contributed by atoms with E-state index in [2.05, 4.69) is 0 Å². The van der Waals surface area contributed by atoms with Gasteiger partial charge in [0.25, 0.3) is 0 Å². The second-order valence-electron chi connectivity index (χ2n) is 9.04. The number of amides is 1. The Hall–Kier alpha value is -4.36. The number of aromatic hydroxyl groups is 2. The van der Waals surface area contributed by atoms with E-state index in [1.54, 1.807) is 6.07 Å². The summed E-state index contributed by atoms with van der Waals surface area (Å²) in [7, 11) is 0. The standard InChI is InChI=1S/C30H26FNO5/c31-22-10-6-21(7-11-22)26(34)16-17-28-29(25-15-14-24(33)18-27(25)35)32(30(36)37-28)23-12-8-20(9-13-23)19-4-2-1-3-5-19/h1-15,18,26,28-29,33-35H,16-17H2/t26?,28-,29-/m1/s1. The first-order valence-electron chi connectivity index (χ1n) is 12.0. The lowest BCUT2D eigenvalue weighted by molar-refractivity contribution is 0.100. The number of hydrogen-bond acceptors (Lipinski definition) is 5. The lowest BCUT2D eigenvalue weighted by atomic mass is 9.93. The van der Waals surface area contributed by atoms with Gasteiger partial charge in [0.15, 0.2) is 0 Å². The minimum absolute atomic E-state index is 0.103. The average Bonchev–Trinajstić information content (AvgIpc) is 3.23. The zero-order valence-electron chi connectivity index (χ0n) is 19.9. The van der Waals surface area contributed by atoms with Gasteiger partial charge in [-0.25, -0.2) is 9.18 Å². The highest BCUT2D eigenvalue weighted by molar-refractivity contribution is 5.91. The number of aliphatic hydroxyl groups excluding tert-OH is 1. The number of anilines is 1. The Morgan fingerprint density at radius 2 is 1.54 bits per heavy atom. The van der Waals surface area contributed by atoms with Crippen LogP contribution in [0.25, 0.3) is 11.1 Å². The molecule has 0 spiro atoms. The molecule has 0 aliphatic carbocycles. The van der Waals surface area contributed by atoms with E-state index in [0.717, 1.165) is 11.1 Å². The second kappa shape index (κ2) is 10.3. The van der Waals surface area contributed by atoms with Crippen molar-refractivity contribution < 1.29 is 29.2 Å². The summed E-state index contributed by atoms with van der Waals surface area (Å²) in [4.78, 5) is 14.6. The summed E-state index contributed by atoms with van der Waals surface area (Å²) in [6.07, 6.45) is -1.61. The third-order valence-electron chi connectivity index (χ3n) is 6.64. The molecule has 6 nitrogen and oxygen atoms in total. The number of hydrogen-bond donors (Lipinski definition) is 3. The van der Waals surface area contributed by atoms with Gasteiger partial charge in [0.05, 0.1) is 6.10 Å². The Balaban J connectivity index is 1.44. The second-order valence-corrected chi connectivity index (χ2v) is 9.04. The van der Waals surface area contributed by atoms with Gasteiger partial charge in [-0.05, 0) is 65.9 Å². The number of benzene rings is 4. The van der Waals surface area contributed by atoms with Crippen molar-refractivity contribution in [2.24, 2.45) is 0 Å². The number of ether oxygens (including phenoxy) is 1. The predicted octanol–water partition coefficient (Wildman–Crippen LogP) is 6.48. The number of cyclic esters (lactones) is 1. The van der Waals surface area contributed by atoms with E-state index in [-0.39, 0.29) is 24.3 Å². The summed E-state index contributed by atoms with van der Waals surface area (Å²) < 4.78 is 19.0. The maximum Gasteiger partial charge on any atom is 0.415 e. The maximum atomic E-state index is 13.3. The highest BCUT2D eigenvalue weighted by atomic mass is 19.1. The van der Waals surface area contributed by atoms with Gasteiger partial charge in [0, 0.05) is 17.3 Å². The van der Waals surface area contributed by atoms with Crippen molar-refractivity contribution in [1.29, 1.82) is 0 Å². The first-order valence-corrected chi connectivity index (χ1v) is 12.0.